The van der Waals surface area contributed by atoms with Crippen molar-refractivity contribution in [2.45, 2.75) is 6.42 Å². The SMILES string of the molecule is O=C(COC(=O)[C@H]1CC(=O)N(c2ccc(Cl)cc2)C1)Nc1ccc(Br)c(Cl)c1. The van der Waals surface area contributed by atoms with E-state index in [0.29, 0.717) is 25.9 Å². The van der Waals surface area contributed by atoms with Crippen LogP contribution in [0.5, 0.6) is 0 Å². The minimum atomic E-state index is -0.627. The van der Waals surface area contributed by atoms with E-state index in [1.807, 2.05) is 0 Å². The molecule has 6 nitrogen and oxygen atoms in total. The fourth-order valence-electron chi connectivity index (χ4n) is 2.76. The van der Waals surface area contributed by atoms with Gasteiger partial charge in [0, 0.05) is 33.8 Å². The van der Waals surface area contributed by atoms with Crippen LogP contribution in [0.15, 0.2) is 46.9 Å². The normalized spacial score (nSPS) is 16.2. The first-order chi connectivity index (χ1) is 13.3. The highest BCUT2D eigenvalue weighted by atomic mass is 79.9. The molecular weight excluding hydrogens is 471 g/mol. The first-order valence-electron chi connectivity index (χ1n) is 8.31. The number of amides is 2. The fourth-order valence-corrected chi connectivity index (χ4v) is 3.31. The second-order valence-corrected chi connectivity index (χ2v) is 7.86. The zero-order chi connectivity index (χ0) is 20.3. The molecule has 1 aliphatic heterocycles. The Balaban J connectivity index is 1.52. The lowest BCUT2D eigenvalue weighted by Crippen LogP contribution is -2.28. The molecule has 0 spiro atoms. The van der Waals surface area contributed by atoms with Gasteiger partial charge in [-0.05, 0) is 58.4 Å². The predicted molar refractivity (Wildman–Crippen MR) is 111 cm³/mol. The predicted octanol–water partition coefficient (Wildman–Crippen LogP) is 4.29. The van der Waals surface area contributed by atoms with Gasteiger partial charge in [-0.3, -0.25) is 14.4 Å². The molecule has 1 fully saturated rings. The van der Waals surface area contributed by atoms with Gasteiger partial charge < -0.3 is 15.0 Å². The van der Waals surface area contributed by atoms with Crippen LogP contribution in [0.3, 0.4) is 0 Å². The Morgan fingerprint density at radius 1 is 1.18 bits per heavy atom. The highest BCUT2D eigenvalue weighted by Gasteiger charge is 2.36. The number of carbonyl (C=O) groups excluding carboxylic acids is 3. The molecule has 2 amide bonds. The van der Waals surface area contributed by atoms with Crippen LogP contribution in [-0.4, -0.2) is 30.9 Å². The van der Waals surface area contributed by atoms with Gasteiger partial charge in [-0.25, -0.2) is 0 Å². The summed E-state index contributed by atoms with van der Waals surface area (Å²) in [7, 11) is 0. The second-order valence-electron chi connectivity index (χ2n) is 6.17. The van der Waals surface area contributed by atoms with Gasteiger partial charge in [-0.15, -0.1) is 0 Å². The van der Waals surface area contributed by atoms with Crippen LogP contribution >= 0.6 is 39.1 Å². The summed E-state index contributed by atoms with van der Waals surface area (Å²) in [5.74, 6) is -1.89. The van der Waals surface area contributed by atoms with Crippen molar-refractivity contribution < 1.29 is 19.1 Å². The Bertz CT molecular complexity index is 921. The largest absolute Gasteiger partial charge is 0.455 e. The van der Waals surface area contributed by atoms with E-state index in [0.717, 1.165) is 0 Å². The molecule has 1 aliphatic rings. The Kier molecular flexibility index (Phi) is 6.59. The number of ether oxygens (including phenoxy) is 1. The lowest BCUT2D eigenvalue weighted by molar-refractivity contribution is -0.151. The third-order valence-electron chi connectivity index (χ3n) is 4.15. The van der Waals surface area contributed by atoms with Gasteiger partial charge in [-0.2, -0.15) is 0 Å². The number of carbonyl (C=O) groups is 3. The standard InChI is InChI=1S/C19H15BrCl2N2O4/c20-15-6-3-13(8-16(15)22)23-17(25)10-28-19(27)11-7-18(26)24(9-11)14-4-1-12(21)2-5-14/h1-6,8,11H,7,9-10H2,(H,23,25)/t11-/m0/s1. The van der Waals surface area contributed by atoms with Gasteiger partial charge in [0.15, 0.2) is 6.61 Å². The van der Waals surface area contributed by atoms with Crippen LogP contribution in [0.25, 0.3) is 0 Å². The molecule has 1 atom stereocenters. The number of anilines is 2. The number of benzene rings is 2. The van der Waals surface area contributed by atoms with E-state index in [4.69, 9.17) is 27.9 Å². The molecule has 0 bridgehead atoms. The molecular formula is C19H15BrCl2N2O4. The Labute approximate surface area is 179 Å². The summed E-state index contributed by atoms with van der Waals surface area (Å²) >= 11 is 15.1. The average molecular weight is 486 g/mol. The molecule has 0 aromatic heterocycles. The Morgan fingerprint density at radius 2 is 1.89 bits per heavy atom. The van der Waals surface area contributed by atoms with E-state index in [9.17, 15) is 14.4 Å². The van der Waals surface area contributed by atoms with Crippen molar-refractivity contribution in [3.05, 3.63) is 57.0 Å². The maximum absolute atomic E-state index is 12.2. The average Bonchev–Trinajstić information content (AvgIpc) is 3.05. The van der Waals surface area contributed by atoms with E-state index < -0.39 is 24.4 Å². The topological polar surface area (TPSA) is 75.7 Å². The van der Waals surface area contributed by atoms with E-state index >= 15 is 0 Å². The highest BCUT2D eigenvalue weighted by Crippen LogP contribution is 2.27. The maximum atomic E-state index is 12.2. The number of nitrogens with one attached hydrogen (secondary N) is 1. The fraction of sp³-hybridized carbons (Fsp3) is 0.211. The molecule has 0 radical (unpaired) electrons. The number of halogens is 3. The van der Waals surface area contributed by atoms with E-state index in [1.54, 1.807) is 42.5 Å². The summed E-state index contributed by atoms with van der Waals surface area (Å²) in [6, 6.07) is 11.7. The van der Waals surface area contributed by atoms with Gasteiger partial charge in [-0.1, -0.05) is 23.2 Å². The van der Waals surface area contributed by atoms with E-state index in [2.05, 4.69) is 21.2 Å². The molecule has 1 saturated heterocycles. The molecule has 1 heterocycles. The number of nitrogens with zero attached hydrogens (tertiary/aromatic N) is 1. The molecule has 2 aromatic rings. The molecule has 0 aliphatic carbocycles. The Hall–Kier alpha value is -2.09. The summed E-state index contributed by atoms with van der Waals surface area (Å²) in [6.07, 6.45) is 0.0331. The highest BCUT2D eigenvalue weighted by molar-refractivity contribution is 9.10. The minimum absolute atomic E-state index is 0.0331. The van der Waals surface area contributed by atoms with E-state index in [-0.39, 0.29) is 18.9 Å². The molecule has 0 unspecified atom stereocenters. The second kappa shape index (κ2) is 8.94. The van der Waals surface area contributed by atoms with E-state index in [1.165, 1.54) is 4.90 Å². The van der Waals surface area contributed by atoms with Gasteiger partial charge in [0.1, 0.15) is 0 Å². The van der Waals surface area contributed by atoms with Crippen molar-refractivity contribution in [2.24, 2.45) is 5.92 Å². The summed E-state index contributed by atoms with van der Waals surface area (Å²) in [5, 5.41) is 3.60. The van der Waals surface area contributed by atoms with Crippen LogP contribution in [-0.2, 0) is 19.1 Å². The van der Waals surface area contributed by atoms with Gasteiger partial charge in [0.2, 0.25) is 5.91 Å². The molecule has 28 heavy (non-hydrogen) atoms. The smallest absolute Gasteiger partial charge is 0.311 e. The third-order valence-corrected chi connectivity index (χ3v) is 5.63. The molecule has 1 N–H and O–H groups in total. The minimum Gasteiger partial charge on any atom is -0.455 e. The van der Waals surface area contributed by atoms with Gasteiger partial charge in [0.05, 0.1) is 10.9 Å². The third kappa shape index (κ3) is 5.04. The van der Waals surface area contributed by atoms with Gasteiger partial charge in [0.25, 0.3) is 5.91 Å². The lowest BCUT2D eigenvalue weighted by atomic mass is 10.1. The van der Waals surface area contributed by atoms with Crippen LogP contribution in [0, 0.1) is 5.92 Å². The zero-order valence-electron chi connectivity index (χ0n) is 14.5. The summed E-state index contributed by atoms with van der Waals surface area (Å²) in [5.41, 5.74) is 1.15. The first-order valence-corrected chi connectivity index (χ1v) is 9.86. The summed E-state index contributed by atoms with van der Waals surface area (Å²) in [6.45, 7) is -0.249. The molecule has 3 rings (SSSR count). The summed E-state index contributed by atoms with van der Waals surface area (Å²) < 4.78 is 5.78. The maximum Gasteiger partial charge on any atom is 0.311 e. The van der Waals surface area contributed by atoms with Crippen LogP contribution < -0.4 is 10.2 Å². The molecule has 2 aromatic carbocycles. The monoisotopic (exact) mass is 484 g/mol. The number of rotatable bonds is 5. The molecule has 9 heteroatoms. The van der Waals surface area contributed by atoms with Crippen LogP contribution in [0.2, 0.25) is 10.0 Å². The first kappa shape index (κ1) is 20.6. The summed E-state index contributed by atoms with van der Waals surface area (Å²) in [4.78, 5) is 37.9. The zero-order valence-corrected chi connectivity index (χ0v) is 17.6. The van der Waals surface area contributed by atoms with Crippen molar-refractivity contribution in [1.29, 1.82) is 0 Å². The quantitative estimate of drug-likeness (QED) is 0.641. The number of hydrogen-bond acceptors (Lipinski definition) is 4. The van der Waals surface area contributed by atoms with Crippen molar-refractivity contribution in [3.63, 3.8) is 0 Å². The molecule has 146 valence electrons. The van der Waals surface area contributed by atoms with Crippen molar-refractivity contribution >= 4 is 68.3 Å². The number of hydrogen-bond donors (Lipinski definition) is 1. The van der Waals surface area contributed by atoms with Gasteiger partial charge >= 0.3 is 5.97 Å². The van der Waals surface area contributed by atoms with Crippen molar-refractivity contribution in [1.82, 2.24) is 0 Å². The van der Waals surface area contributed by atoms with Crippen molar-refractivity contribution in [3.8, 4) is 0 Å². The number of esters is 1. The molecule has 0 saturated carbocycles. The Morgan fingerprint density at radius 3 is 2.57 bits per heavy atom. The van der Waals surface area contributed by atoms with Crippen molar-refractivity contribution in [2.75, 3.05) is 23.4 Å². The van der Waals surface area contributed by atoms with Crippen LogP contribution in [0.1, 0.15) is 6.42 Å². The van der Waals surface area contributed by atoms with Crippen LogP contribution in [0.4, 0.5) is 11.4 Å². The lowest BCUT2D eigenvalue weighted by Gasteiger charge is -2.16.